The molecule has 0 radical (unpaired) electrons. The number of carbonyl (C=O) groups excluding carboxylic acids is 1. The van der Waals surface area contributed by atoms with Gasteiger partial charge in [-0.2, -0.15) is 0 Å². The van der Waals surface area contributed by atoms with Crippen LogP contribution in [0.3, 0.4) is 0 Å². The Morgan fingerprint density at radius 3 is 2.48 bits per heavy atom. The van der Waals surface area contributed by atoms with Gasteiger partial charge in [0, 0.05) is 18.2 Å². The molecule has 1 aliphatic carbocycles. The number of guanidine groups is 1. The number of aliphatic imine (C=N–C) groups is 1. The van der Waals surface area contributed by atoms with Crippen molar-refractivity contribution in [3.63, 3.8) is 0 Å². The minimum Gasteiger partial charge on any atom is -0.393 e. The molecular formula is C17H26N4O2. The van der Waals surface area contributed by atoms with E-state index in [1.165, 1.54) is 0 Å². The number of aliphatic hydroxyl groups excluding tert-OH is 1. The van der Waals surface area contributed by atoms with E-state index in [0.717, 1.165) is 43.8 Å². The van der Waals surface area contributed by atoms with Crippen LogP contribution in [0.2, 0.25) is 0 Å². The maximum absolute atomic E-state index is 11.1. The van der Waals surface area contributed by atoms with E-state index in [2.05, 4.69) is 15.6 Å². The Kier molecular flexibility index (Phi) is 6.40. The quantitative estimate of drug-likeness (QED) is 0.483. The highest BCUT2D eigenvalue weighted by Gasteiger charge is 2.19. The first-order chi connectivity index (χ1) is 11.1. The molecule has 126 valence electrons. The number of hydrogen-bond acceptors (Lipinski definition) is 3. The molecule has 6 heteroatoms. The molecule has 0 spiro atoms. The Morgan fingerprint density at radius 2 is 1.91 bits per heavy atom. The van der Waals surface area contributed by atoms with E-state index in [1.807, 2.05) is 19.1 Å². The monoisotopic (exact) mass is 318 g/mol. The molecule has 2 rings (SSSR count). The van der Waals surface area contributed by atoms with Crippen molar-refractivity contribution >= 4 is 11.9 Å². The molecule has 0 aromatic heterocycles. The van der Waals surface area contributed by atoms with Crippen molar-refractivity contribution in [2.24, 2.45) is 10.7 Å². The van der Waals surface area contributed by atoms with Crippen molar-refractivity contribution in [1.82, 2.24) is 10.6 Å². The van der Waals surface area contributed by atoms with E-state index in [-0.39, 0.29) is 6.10 Å². The molecule has 0 bridgehead atoms. The second-order valence-electron chi connectivity index (χ2n) is 5.91. The molecule has 23 heavy (non-hydrogen) atoms. The van der Waals surface area contributed by atoms with E-state index < -0.39 is 5.91 Å². The first kappa shape index (κ1) is 17.3. The molecule has 1 aromatic carbocycles. The Balaban J connectivity index is 1.93. The largest absolute Gasteiger partial charge is 0.393 e. The molecule has 1 amide bonds. The van der Waals surface area contributed by atoms with E-state index in [4.69, 9.17) is 5.73 Å². The molecule has 0 unspecified atom stereocenters. The van der Waals surface area contributed by atoms with Crippen LogP contribution in [-0.2, 0) is 6.54 Å². The van der Waals surface area contributed by atoms with Crippen molar-refractivity contribution < 1.29 is 9.90 Å². The molecule has 0 saturated heterocycles. The fraction of sp³-hybridized carbons (Fsp3) is 0.529. The van der Waals surface area contributed by atoms with Crippen molar-refractivity contribution in [3.05, 3.63) is 35.4 Å². The van der Waals surface area contributed by atoms with Crippen LogP contribution in [-0.4, -0.2) is 35.7 Å². The number of aliphatic hydroxyl groups is 1. The van der Waals surface area contributed by atoms with Crippen LogP contribution < -0.4 is 16.4 Å². The summed E-state index contributed by atoms with van der Waals surface area (Å²) in [7, 11) is 0. The lowest BCUT2D eigenvalue weighted by Crippen LogP contribution is -2.45. The summed E-state index contributed by atoms with van der Waals surface area (Å²) in [6, 6.07) is 7.52. The van der Waals surface area contributed by atoms with Crippen LogP contribution in [0.15, 0.2) is 29.3 Å². The lowest BCUT2D eigenvalue weighted by molar-refractivity contribution is 0.1000. The summed E-state index contributed by atoms with van der Waals surface area (Å²) in [5.41, 5.74) is 6.76. The lowest BCUT2D eigenvalue weighted by atomic mass is 9.93. The molecule has 0 aliphatic heterocycles. The fourth-order valence-electron chi connectivity index (χ4n) is 2.68. The van der Waals surface area contributed by atoms with Gasteiger partial charge >= 0.3 is 0 Å². The third kappa shape index (κ3) is 5.56. The van der Waals surface area contributed by atoms with E-state index in [0.29, 0.717) is 18.2 Å². The third-order valence-electron chi connectivity index (χ3n) is 4.04. The number of primary amides is 1. The predicted octanol–water partition coefficient (Wildman–Crippen LogP) is 1.14. The zero-order valence-corrected chi connectivity index (χ0v) is 13.6. The number of rotatable bonds is 5. The first-order valence-corrected chi connectivity index (χ1v) is 8.20. The van der Waals surface area contributed by atoms with Gasteiger partial charge in [-0.25, -0.2) is 4.99 Å². The zero-order chi connectivity index (χ0) is 16.7. The fourth-order valence-corrected chi connectivity index (χ4v) is 2.68. The summed E-state index contributed by atoms with van der Waals surface area (Å²) in [6.45, 7) is 3.36. The standard InChI is InChI=1S/C17H26N4O2/c1-2-19-17(21-14-7-9-15(22)10-8-14)20-11-12-3-5-13(6-4-12)16(18)23/h3-6,14-15,22H,2,7-11H2,1H3,(H2,18,23)(H2,19,20,21). The average molecular weight is 318 g/mol. The normalized spacial score (nSPS) is 21.7. The minimum absolute atomic E-state index is 0.156. The van der Waals surface area contributed by atoms with Crippen molar-refractivity contribution in [2.75, 3.05) is 6.54 Å². The van der Waals surface area contributed by atoms with Crippen molar-refractivity contribution in [2.45, 2.75) is 51.3 Å². The summed E-state index contributed by atoms with van der Waals surface area (Å²) in [6.07, 6.45) is 3.44. The van der Waals surface area contributed by atoms with Gasteiger partial charge in [-0.1, -0.05) is 12.1 Å². The number of hydrogen-bond donors (Lipinski definition) is 4. The van der Waals surface area contributed by atoms with Gasteiger partial charge in [0.05, 0.1) is 12.6 Å². The zero-order valence-electron chi connectivity index (χ0n) is 13.6. The van der Waals surface area contributed by atoms with Gasteiger partial charge in [-0.05, 0) is 50.3 Å². The molecule has 0 heterocycles. The number of benzene rings is 1. The number of nitrogens with two attached hydrogens (primary N) is 1. The van der Waals surface area contributed by atoms with Gasteiger partial charge in [-0.15, -0.1) is 0 Å². The molecule has 5 N–H and O–H groups in total. The Bertz CT molecular complexity index is 534. The summed E-state index contributed by atoms with van der Waals surface area (Å²) in [5, 5.41) is 16.2. The number of amides is 1. The highest BCUT2D eigenvalue weighted by Crippen LogP contribution is 2.18. The van der Waals surface area contributed by atoms with Gasteiger partial charge in [0.2, 0.25) is 5.91 Å². The van der Waals surface area contributed by atoms with Gasteiger partial charge in [0.25, 0.3) is 0 Å². The smallest absolute Gasteiger partial charge is 0.248 e. The number of nitrogens with one attached hydrogen (secondary N) is 2. The molecule has 6 nitrogen and oxygen atoms in total. The molecule has 1 saturated carbocycles. The SMILES string of the molecule is CCNC(=NCc1ccc(C(N)=O)cc1)NC1CCC(O)CC1. The second-order valence-corrected chi connectivity index (χ2v) is 5.91. The minimum atomic E-state index is -0.422. The van der Waals surface area contributed by atoms with Gasteiger partial charge in [0.1, 0.15) is 0 Å². The molecule has 1 aromatic rings. The van der Waals surface area contributed by atoms with Crippen molar-refractivity contribution in [1.29, 1.82) is 0 Å². The summed E-state index contributed by atoms with van der Waals surface area (Å²) >= 11 is 0. The Labute approximate surface area is 137 Å². The Hall–Kier alpha value is -2.08. The third-order valence-corrected chi connectivity index (χ3v) is 4.04. The molecule has 1 aliphatic rings. The first-order valence-electron chi connectivity index (χ1n) is 8.20. The van der Waals surface area contributed by atoms with E-state index >= 15 is 0 Å². The van der Waals surface area contributed by atoms with Gasteiger partial charge in [-0.3, -0.25) is 4.79 Å². The van der Waals surface area contributed by atoms with Crippen molar-refractivity contribution in [3.8, 4) is 0 Å². The van der Waals surface area contributed by atoms with Crippen LogP contribution in [0, 0.1) is 0 Å². The van der Waals surface area contributed by atoms with Gasteiger partial charge < -0.3 is 21.5 Å². The van der Waals surface area contributed by atoms with Crippen LogP contribution in [0.4, 0.5) is 0 Å². The van der Waals surface area contributed by atoms with Crippen LogP contribution >= 0.6 is 0 Å². The van der Waals surface area contributed by atoms with Crippen LogP contribution in [0.5, 0.6) is 0 Å². The highest BCUT2D eigenvalue weighted by atomic mass is 16.3. The van der Waals surface area contributed by atoms with E-state index in [1.54, 1.807) is 12.1 Å². The summed E-state index contributed by atoms with van der Waals surface area (Å²) < 4.78 is 0. The van der Waals surface area contributed by atoms with Crippen LogP contribution in [0.1, 0.15) is 48.5 Å². The predicted molar refractivity (Wildman–Crippen MR) is 91.2 cm³/mol. The molecule has 0 atom stereocenters. The molecular weight excluding hydrogens is 292 g/mol. The second kappa shape index (κ2) is 8.53. The van der Waals surface area contributed by atoms with E-state index in [9.17, 15) is 9.90 Å². The maximum Gasteiger partial charge on any atom is 0.248 e. The summed E-state index contributed by atoms with van der Waals surface area (Å²) in [5.74, 6) is 0.363. The number of carbonyl (C=O) groups is 1. The Morgan fingerprint density at radius 1 is 1.26 bits per heavy atom. The maximum atomic E-state index is 11.1. The van der Waals surface area contributed by atoms with Crippen LogP contribution in [0.25, 0.3) is 0 Å². The van der Waals surface area contributed by atoms with Gasteiger partial charge in [0.15, 0.2) is 5.96 Å². The highest BCUT2D eigenvalue weighted by molar-refractivity contribution is 5.92. The number of nitrogens with zero attached hydrogens (tertiary/aromatic N) is 1. The topological polar surface area (TPSA) is 99.7 Å². The average Bonchev–Trinajstić information content (AvgIpc) is 2.55. The summed E-state index contributed by atoms with van der Waals surface area (Å²) in [4.78, 5) is 15.7. The lowest BCUT2D eigenvalue weighted by Gasteiger charge is -2.27. The molecule has 1 fully saturated rings.